The molecule has 0 amide bonds. The molecular formula is C25H19NO. The van der Waals surface area contributed by atoms with Crippen LogP contribution in [0.1, 0.15) is 0 Å². The average molecular weight is 349 g/mol. The minimum absolute atomic E-state index is 0.869. The number of methoxy groups -OCH3 is 1. The van der Waals surface area contributed by atoms with Gasteiger partial charge in [0.1, 0.15) is 5.75 Å². The highest BCUT2D eigenvalue weighted by atomic mass is 16.5. The van der Waals surface area contributed by atoms with Crippen LogP contribution in [0.2, 0.25) is 0 Å². The van der Waals surface area contributed by atoms with Crippen LogP contribution in [0.25, 0.3) is 38.6 Å². The zero-order valence-corrected chi connectivity index (χ0v) is 15.1. The summed E-state index contributed by atoms with van der Waals surface area (Å²) >= 11 is 0. The summed E-state index contributed by atoms with van der Waals surface area (Å²) in [5.74, 6) is 0.869. The van der Waals surface area contributed by atoms with Crippen molar-refractivity contribution in [3.8, 4) is 22.6 Å². The van der Waals surface area contributed by atoms with Crippen molar-refractivity contribution in [3.63, 3.8) is 0 Å². The van der Waals surface area contributed by atoms with Gasteiger partial charge >= 0.3 is 0 Å². The van der Waals surface area contributed by atoms with Gasteiger partial charge in [-0.25, -0.2) is 0 Å². The van der Waals surface area contributed by atoms with Crippen molar-refractivity contribution in [3.05, 3.63) is 97.1 Å². The molecule has 0 atom stereocenters. The van der Waals surface area contributed by atoms with Crippen LogP contribution >= 0.6 is 0 Å². The predicted molar refractivity (Wildman–Crippen MR) is 113 cm³/mol. The Bertz CT molecular complexity index is 1200. The minimum atomic E-state index is 0.869. The lowest BCUT2D eigenvalue weighted by Crippen LogP contribution is -1.97. The Morgan fingerprint density at radius 2 is 1.15 bits per heavy atom. The molecule has 0 saturated carbocycles. The van der Waals surface area contributed by atoms with E-state index in [2.05, 4.69) is 89.5 Å². The fraction of sp³-hybridized carbons (Fsp3) is 0.0400. The van der Waals surface area contributed by atoms with Crippen LogP contribution in [0.5, 0.6) is 5.75 Å². The quantitative estimate of drug-likeness (QED) is 0.364. The molecule has 1 heterocycles. The van der Waals surface area contributed by atoms with Crippen LogP contribution in [-0.2, 0) is 0 Å². The van der Waals surface area contributed by atoms with Crippen LogP contribution in [0.4, 0.5) is 0 Å². The van der Waals surface area contributed by atoms with Crippen molar-refractivity contribution < 1.29 is 4.74 Å². The second-order valence-electron chi connectivity index (χ2n) is 6.62. The first-order chi connectivity index (χ1) is 13.4. The van der Waals surface area contributed by atoms with Crippen molar-refractivity contribution >= 4 is 21.8 Å². The summed E-state index contributed by atoms with van der Waals surface area (Å²) in [5.41, 5.74) is 6.00. The van der Waals surface area contributed by atoms with Gasteiger partial charge in [0.15, 0.2) is 0 Å². The summed E-state index contributed by atoms with van der Waals surface area (Å²) in [5, 5.41) is 2.55. The van der Waals surface area contributed by atoms with E-state index in [0.29, 0.717) is 0 Å². The van der Waals surface area contributed by atoms with E-state index in [1.807, 2.05) is 12.1 Å². The van der Waals surface area contributed by atoms with Crippen molar-refractivity contribution in [1.29, 1.82) is 0 Å². The van der Waals surface area contributed by atoms with Gasteiger partial charge in [-0.05, 0) is 35.9 Å². The summed E-state index contributed by atoms with van der Waals surface area (Å²) < 4.78 is 7.68. The molecule has 0 aliphatic rings. The number of fused-ring (bicyclic) bond motifs is 3. The number of aromatic nitrogens is 1. The standard InChI is InChI=1S/C25H19NO/c1-27-19-16-14-18(15-17-19)20-8-2-5-11-23(20)26-24-12-6-3-9-21(24)22-10-4-7-13-25(22)26/h2-17H,1H3. The maximum Gasteiger partial charge on any atom is 0.118 e. The third-order valence-corrected chi connectivity index (χ3v) is 5.13. The van der Waals surface area contributed by atoms with E-state index in [-0.39, 0.29) is 0 Å². The van der Waals surface area contributed by atoms with Gasteiger partial charge < -0.3 is 9.30 Å². The monoisotopic (exact) mass is 349 g/mol. The fourth-order valence-electron chi connectivity index (χ4n) is 3.87. The smallest absolute Gasteiger partial charge is 0.118 e. The van der Waals surface area contributed by atoms with Crippen LogP contribution in [0.3, 0.4) is 0 Å². The highest BCUT2D eigenvalue weighted by molar-refractivity contribution is 6.09. The predicted octanol–water partition coefficient (Wildman–Crippen LogP) is 6.46. The molecule has 0 radical (unpaired) electrons. The van der Waals surface area contributed by atoms with Gasteiger partial charge in [-0.3, -0.25) is 0 Å². The lowest BCUT2D eigenvalue weighted by Gasteiger charge is -2.14. The van der Waals surface area contributed by atoms with Crippen LogP contribution in [-0.4, -0.2) is 11.7 Å². The zero-order valence-electron chi connectivity index (χ0n) is 15.1. The van der Waals surface area contributed by atoms with E-state index in [9.17, 15) is 0 Å². The lowest BCUT2D eigenvalue weighted by atomic mass is 10.0. The molecule has 1 aromatic heterocycles. The molecule has 0 bridgehead atoms. The topological polar surface area (TPSA) is 14.2 Å². The second-order valence-corrected chi connectivity index (χ2v) is 6.62. The SMILES string of the molecule is COc1ccc(-c2ccccc2-n2c3ccccc3c3ccccc32)cc1. The van der Waals surface area contributed by atoms with Crippen molar-refractivity contribution in [1.82, 2.24) is 4.57 Å². The maximum absolute atomic E-state index is 5.32. The number of hydrogen-bond acceptors (Lipinski definition) is 1. The Morgan fingerprint density at radius 1 is 0.593 bits per heavy atom. The molecule has 0 N–H and O–H groups in total. The average Bonchev–Trinajstić information content (AvgIpc) is 3.08. The number of nitrogens with zero attached hydrogens (tertiary/aromatic N) is 1. The van der Waals surface area contributed by atoms with Gasteiger partial charge in [0, 0.05) is 16.3 Å². The second kappa shape index (κ2) is 6.33. The van der Waals surface area contributed by atoms with Crippen LogP contribution < -0.4 is 4.74 Å². The molecule has 5 rings (SSSR count). The van der Waals surface area contributed by atoms with Crippen molar-refractivity contribution in [2.24, 2.45) is 0 Å². The number of hydrogen-bond donors (Lipinski definition) is 0. The first-order valence-electron chi connectivity index (χ1n) is 9.09. The Morgan fingerprint density at radius 3 is 1.78 bits per heavy atom. The number of para-hydroxylation sites is 3. The van der Waals surface area contributed by atoms with Crippen LogP contribution in [0.15, 0.2) is 97.1 Å². The van der Waals surface area contributed by atoms with E-state index in [1.54, 1.807) is 7.11 Å². The summed E-state index contributed by atoms with van der Waals surface area (Å²) in [6.07, 6.45) is 0. The molecule has 27 heavy (non-hydrogen) atoms. The Labute approximate surface area is 158 Å². The lowest BCUT2D eigenvalue weighted by molar-refractivity contribution is 0.415. The summed E-state index contributed by atoms with van der Waals surface area (Å²) in [6, 6.07) is 34.0. The highest BCUT2D eigenvalue weighted by Crippen LogP contribution is 2.36. The molecule has 2 heteroatoms. The maximum atomic E-state index is 5.32. The van der Waals surface area contributed by atoms with Gasteiger partial charge in [0.2, 0.25) is 0 Å². The van der Waals surface area contributed by atoms with E-state index in [4.69, 9.17) is 4.74 Å². The van der Waals surface area contributed by atoms with E-state index in [0.717, 1.165) is 5.75 Å². The van der Waals surface area contributed by atoms with Crippen molar-refractivity contribution in [2.75, 3.05) is 7.11 Å². The number of rotatable bonds is 3. The number of ether oxygens (including phenoxy) is 1. The van der Waals surface area contributed by atoms with Gasteiger partial charge in [-0.1, -0.05) is 66.7 Å². The molecule has 0 fully saturated rings. The Balaban J connectivity index is 1.83. The Kier molecular flexibility index (Phi) is 3.68. The van der Waals surface area contributed by atoms with E-state index < -0.39 is 0 Å². The third-order valence-electron chi connectivity index (χ3n) is 5.13. The highest BCUT2D eigenvalue weighted by Gasteiger charge is 2.14. The molecule has 0 unspecified atom stereocenters. The summed E-state index contributed by atoms with van der Waals surface area (Å²) in [7, 11) is 1.70. The van der Waals surface area contributed by atoms with Crippen molar-refractivity contribution in [2.45, 2.75) is 0 Å². The molecule has 5 aromatic rings. The van der Waals surface area contributed by atoms with Gasteiger partial charge in [-0.2, -0.15) is 0 Å². The summed E-state index contributed by atoms with van der Waals surface area (Å²) in [4.78, 5) is 0. The number of benzene rings is 4. The minimum Gasteiger partial charge on any atom is -0.497 e. The van der Waals surface area contributed by atoms with Gasteiger partial charge in [0.05, 0.1) is 23.8 Å². The summed E-state index contributed by atoms with van der Waals surface area (Å²) in [6.45, 7) is 0. The van der Waals surface area contributed by atoms with Gasteiger partial charge in [-0.15, -0.1) is 0 Å². The van der Waals surface area contributed by atoms with E-state index >= 15 is 0 Å². The first kappa shape index (κ1) is 15.7. The molecule has 0 saturated heterocycles. The molecule has 130 valence electrons. The zero-order chi connectivity index (χ0) is 18.2. The van der Waals surface area contributed by atoms with Crippen LogP contribution in [0, 0.1) is 0 Å². The molecule has 0 aliphatic heterocycles. The first-order valence-corrected chi connectivity index (χ1v) is 9.09. The van der Waals surface area contributed by atoms with Gasteiger partial charge in [0.25, 0.3) is 0 Å². The van der Waals surface area contributed by atoms with E-state index in [1.165, 1.54) is 38.6 Å². The Hall–Kier alpha value is -3.52. The molecule has 0 aliphatic carbocycles. The molecule has 4 aromatic carbocycles. The third kappa shape index (κ3) is 2.49. The molecule has 0 spiro atoms. The molecular weight excluding hydrogens is 330 g/mol. The fourth-order valence-corrected chi connectivity index (χ4v) is 3.87. The normalized spacial score (nSPS) is 11.1. The molecule has 2 nitrogen and oxygen atoms in total. The largest absolute Gasteiger partial charge is 0.497 e.